The molecule has 12 heteroatoms. The van der Waals surface area contributed by atoms with E-state index in [1.165, 1.54) is 18.3 Å². The lowest BCUT2D eigenvalue weighted by atomic mass is 9.86. The number of fused-ring (bicyclic) bond motifs is 1. The molecule has 0 atom stereocenters. The summed E-state index contributed by atoms with van der Waals surface area (Å²) in [6, 6.07) is 13.5. The van der Waals surface area contributed by atoms with Crippen LogP contribution in [0.2, 0.25) is 0 Å². The number of likely N-dealkylation sites (tertiary alicyclic amines) is 1. The van der Waals surface area contributed by atoms with Gasteiger partial charge in [0.1, 0.15) is 17.4 Å². The molecule has 49 heavy (non-hydrogen) atoms. The number of anilines is 4. The molecule has 0 unspecified atom stereocenters. The predicted octanol–water partition coefficient (Wildman–Crippen LogP) is 8.44. The van der Waals surface area contributed by atoms with E-state index in [2.05, 4.69) is 52.2 Å². The van der Waals surface area contributed by atoms with Gasteiger partial charge in [0.25, 0.3) is 5.91 Å². The maximum absolute atomic E-state index is 13.7. The summed E-state index contributed by atoms with van der Waals surface area (Å²) in [5, 5.41) is 6.51. The third-order valence-electron chi connectivity index (χ3n) is 8.44. The summed E-state index contributed by atoms with van der Waals surface area (Å²) in [5.41, 5.74) is 6.18. The molecule has 0 saturated carbocycles. The number of methoxy groups -OCH3 is 1. The Bertz CT molecular complexity index is 1840. The summed E-state index contributed by atoms with van der Waals surface area (Å²) in [7, 11) is 1.60. The molecule has 1 fully saturated rings. The Morgan fingerprint density at radius 1 is 0.939 bits per heavy atom. The standard InChI is InChI=1S/C37H47N7O4S/c1-22-10-11-24(34(45)42-29-19-25(36(2,3)4)20-30(43-49-9)32(29)47-8)18-28(22)41-33-31-27(38-21-39-33)13-12-26(40-31)23-14-16-44(17-15-23)35(46)48-37(5,6)7/h10-13,18-21,23,43H,14-17H2,1-9H3,(H,42,45)(H,38,39,41). The Morgan fingerprint density at radius 2 is 1.65 bits per heavy atom. The normalized spacial score (nSPS) is 14.0. The van der Waals surface area contributed by atoms with Crippen LogP contribution in [0.3, 0.4) is 0 Å². The van der Waals surface area contributed by atoms with Crippen molar-refractivity contribution in [3.63, 3.8) is 0 Å². The van der Waals surface area contributed by atoms with Crippen molar-refractivity contribution in [2.45, 2.75) is 78.2 Å². The predicted molar refractivity (Wildman–Crippen MR) is 198 cm³/mol. The lowest BCUT2D eigenvalue weighted by molar-refractivity contribution is 0.0204. The lowest BCUT2D eigenvalue weighted by Gasteiger charge is -2.33. The van der Waals surface area contributed by atoms with Crippen LogP contribution >= 0.6 is 11.9 Å². The van der Waals surface area contributed by atoms with Gasteiger partial charge < -0.3 is 29.7 Å². The maximum Gasteiger partial charge on any atom is 0.410 e. The van der Waals surface area contributed by atoms with Crippen LogP contribution in [0, 0.1) is 6.92 Å². The molecule has 0 spiro atoms. The largest absolute Gasteiger partial charge is 0.492 e. The third kappa shape index (κ3) is 8.54. The molecule has 2 aromatic heterocycles. The summed E-state index contributed by atoms with van der Waals surface area (Å²) in [5.74, 6) is 1.02. The van der Waals surface area contributed by atoms with Gasteiger partial charge in [-0.05, 0) is 93.5 Å². The highest BCUT2D eigenvalue weighted by Crippen LogP contribution is 2.40. The number of hydrogen-bond donors (Lipinski definition) is 3. The highest BCUT2D eigenvalue weighted by atomic mass is 32.2. The monoisotopic (exact) mass is 685 g/mol. The quantitative estimate of drug-likeness (QED) is 0.155. The van der Waals surface area contributed by atoms with Crippen LogP contribution in [-0.4, -0.2) is 63.9 Å². The van der Waals surface area contributed by atoms with E-state index in [1.54, 1.807) is 18.1 Å². The zero-order valence-electron chi connectivity index (χ0n) is 29.9. The molecular formula is C37H47N7O4S. The van der Waals surface area contributed by atoms with Crippen LogP contribution in [0.25, 0.3) is 11.0 Å². The fraction of sp³-hybridized carbons (Fsp3) is 0.432. The summed E-state index contributed by atoms with van der Waals surface area (Å²) in [4.78, 5) is 42.1. The second kappa shape index (κ2) is 14.5. The van der Waals surface area contributed by atoms with Gasteiger partial charge in [-0.1, -0.05) is 38.8 Å². The van der Waals surface area contributed by atoms with E-state index in [4.69, 9.17) is 14.5 Å². The fourth-order valence-corrected chi connectivity index (χ4v) is 6.11. The number of carbonyl (C=O) groups excluding carboxylic acids is 2. The molecule has 1 aliphatic heterocycles. The summed E-state index contributed by atoms with van der Waals surface area (Å²) < 4.78 is 14.6. The van der Waals surface area contributed by atoms with Crippen molar-refractivity contribution in [3.8, 4) is 5.75 Å². The van der Waals surface area contributed by atoms with Gasteiger partial charge in [-0.3, -0.25) is 4.79 Å². The third-order valence-corrected chi connectivity index (χ3v) is 8.86. The van der Waals surface area contributed by atoms with Gasteiger partial charge >= 0.3 is 6.09 Å². The highest BCUT2D eigenvalue weighted by Gasteiger charge is 2.28. The second-order valence-electron chi connectivity index (χ2n) is 14.3. The zero-order valence-corrected chi connectivity index (χ0v) is 30.7. The van der Waals surface area contributed by atoms with Gasteiger partial charge in [0.15, 0.2) is 11.6 Å². The Hall–Kier alpha value is -4.58. The Morgan fingerprint density at radius 3 is 2.31 bits per heavy atom. The Labute approximate surface area is 293 Å². The number of nitrogens with zero attached hydrogens (tertiary/aromatic N) is 4. The minimum atomic E-state index is -0.528. The molecule has 1 aliphatic rings. The molecular weight excluding hydrogens is 639 g/mol. The van der Waals surface area contributed by atoms with Crippen LogP contribution in [0.1, 0.15) is 87.5 Å². The molecule has 260 valence electrons. The first-order valence-electron chi connectivity index (χ1n) is 16.5. The van der Waals surface area contributed by atoms with E-state index in [0.717, 1.165) is 41.0 Å². The molecule has 0 radical (unpaired) electrons. The van der Waals surface area contributed by atoms with Crippen LogP contribution in [0.4, 0.5) is 27.7 Å². The van der Waals surface area contributed by atoms with E-state index in [0.29, 0.717) is 46.9 Å². The number of hydrogen-bond acceptors (Lipinski definition) is 10. The minimum absolute atomic E-state index is 0.146. The Kier molecular flexibility index (Phi) is 10.6. The van der Waals surface area contributed by atoms with Gasteiger partial charge in [0.2, 0.25) is 0 Å². The maximum atomic E-state index is 13.7. The number of rotatable bonds is 8. The number of ether oxygens (including phenoxy) is 2. The molecule has 4 aromatic rings. The molecule has 5 rings (SSSR count). The van der Waals surface area contributed by atoms with Gasteiger partial charge in [-0.15, -0.1) is 0 Å². The first-order valence-corrected chi connectivity index (χ1v) is 17.7. The number of benzene rings is 2. The van der Waals surface area contributed by atoms with Gasteiger partial charge in [-0.25, -0.2) is 19.7 Å². The number of pyridine rings is 1. The topological polar surface area (TPSA) is 131 Å². The van der Waals surface area contributed by atoms with Crippen molar-refractivity contribution in [2.75, 3.05) is 41.8 Å². The van der Waals surface area contributed by atoms with Crippen molar-refractivity contribution in [2.24, 2.45) is 0 Å². The second-order valence-corrected chi connectivity index (χ2v) is 14.9. The minimum Gasteiger partial charge on any atom is -0.492 e. The van der Waals surface area contributed by atoms with E-state index < -0.39 is 5.60 Å². The van der Waals surface area contributed by atoms with Crippen LogP contribution in [0.5, 0.6) is 5.75 Å². The molecule has 2 aromatic carbocycles. The molecule has 0 bridgehead atoms. The van der Waals surface area contributed by atoms with Crippen LogP contribution in [0.15, 0.2) is 48.8 Å². The zero-order chi connectivity index (χ0) is 35.5. The van der Waals surface area contributed by atoms with Crippen LogP contribution in [-0.2, 0) is 10.2 Å². The fourth-order valence-electron chi connectivity index (χ4n) is 5.74. The average molecular weight is 686 g/mol. The molecule has 1 saturated heterocycles. The van der Waals surface area contributed by atoms with Gasteiger partial charge in [0, 0.05) is 42.2 Å². The van der Waals surface area contributed by atoms with E-state index >= 15 is 0 Å². The first kappa shape index (κ1) is 35.7. The van der Waals surface area contributed by atoms with Gasteiger partial charge in [-0.2, -0.15) is 0 Å². The number of nitrogens with one attached hydrogen (secondary N) is 3. The number of aryl methyl sites for hydroxylation is 1. The van der Waals surface area contributed by atoms with E-state index in [-0.39, 0.29) is 23.3 Å². The van der Waals surface area contributed by atoms with E-state index in [9.17, 15) is 9.59 Å². The lowest BCUT2D eigenvalue weighted by Crippen LogP contribution is -2.41. The van der Waals surface area contributed by atoms with Gasteiger partial charge in [0.05, 0.1) is 24.0 Å². The van der Waals surface area contributed by atoms with Crippen molar-refractivity contribution in [1.82, 2.24) is 19.9 Å². The molecule has 3 heterocycles. The number of carbonyl (C=O) groups is 2. The summed E-state index contributed by atoms with van der Waals surface area (Å²) in [6.45, 7) is 15.2. The smallest absolute Gasteiger partial charge is 0.410 e. The van der Waals surface area contributed by atoms with Crippen molar-refractivity contribution in [3.05, 3.63) is 71.2 Å². The number of piperidine rings is 1. The summed E-state index contributed by atoms with van der Waals surface area (Å²) in [6.07, 6.45) is 4.73. The van der Waals surface area contributed by atoms with Crippen molar-refractivity contribution >= 4 is 57.9 Å². The van der Waals surface area contributed by atoms with Crippen molar-refractivity contribution < 1.29 is 19.1 Å². The number of amides is 2. The van der Waals surface area contributed by atoms with Crippen LogP contribution < -0.4 is 20.1 Å². The Balaban J connectivity index is 1.37. The SMILES string of the molecule is COc1c(NSC)cc(C(C)(C)C)cc1NC(=O)c1ccc(C)c(Nc2ncnc3ccc(C4CCN(C(=O)OC(C)(C)C)CC4)nc23)c1. The number of aromatic nitrogens is 3. The summed E-state index contributed by atoms with van der Waals surface area (Å²) >= 11 is 1.46. The molecule has 2 amide bonds. The molecule has 3 N–H and O–H groups in total. The molecule has 0 aliphatic carbocycles. The molecule has 11 nitrogen and oxygen atoms in total. The first-order chi connectivity index (χ1) is 23.2. The highest BCUT2D eigenvalue weighted by molar-refractivity contribution is 7.99. The van der Waals surface area contributed by atoms with E-state index in [1.807, 2.05) is 64.3 Å². The average Bonchev–Trinajstić information content (AvgIpc) is 3.04. The van der Waals surface area contributed by atoms with Crippen molar-refractivity contribution in [1.29, 1.82) is 0 Å².